The van der Waals surface area contributed by atoms with Crippen molar-refractivity contribution in [1.29, 1.82) is 0 Å². The highest BCUT2D eigenvalue weighted by molar-refractivity contribution is 5.17. The normalized spacial score (nSPS) is 49.5. The van der Waals surface area contributed by atoms with E-state index in [9.17, 15) is 10.2 Å². The lowest BCUT2D eigenvalue weighted by molar-refractivity contribution is -0.234. The predicted octanol–water partition coefficient (Wildman–Crippen LogP) is 3.85. The average Bonchev–Trinajstić information content (AvgIpc) is 2.81. The summed E-state index contributed by atoms with van der Waals surface area (Å²) in [5.74, 6) is 1.70. The first kappa shape index (κ1) is 16.3. The van der Waals surface area contributed by atoms with Crippen molar-refractivity contribution >= 4 is 0 Å². The predicted molar refractivity (Wildman–Crippen MR) is 83.4 cm³/mol. The van der Waals surface area contributed by atoms with E-state index < -0.39 is 11.2 Å². The van der Waals surface area contributed by atoms with Crippen LogP contribution < -0.4 is 0 Å². The molecule has 0 bridgehead atoms. The fourth-order valence-electron chi connectivity index (χ4n) is 5.54. The van der Waals surface area contributed by atoms with Crippen LogP contribution in [0.4, 0.5) is 0 Å². The van der Waals surface area contributed by atoms with Gasteiger partial charge in [-0.3, -0.25) is 0 Å². The van der Waals surface area contributed by atoms with Crippen LogP contribution in [0.25, 0.3) is 0 Å². The molecule has 2 aliphatic rings. The van der Waals surface area contributed by atoms with Crippen molar-refractivity contribution < 1.29 is 10.2 Å². The molecule has 0 aromatic heterocycles. The lowest BCUT2D eigenvalue weighted by atomic mass is 9.60. The summed E-state index contributed by atoms with van der Waals surface area (Å²) in [6.45, 7) is 13.1. The van der Waals surface area contributed by atoms with Gasteiger partial charge in [0.1, 0.15) is 0 Å². The van der Waals surface area contributed by atoms with E-state index >= 15 is 0 Å². The van der Waals surface area contributed by atoms with Crippen LogP contribution in [0.15, 0.2) is 0 Å². The number of aliphatic hydroxyl groups is 2. The zero-order valence-corrected chi connectivity index (χ0v) is 14.2. The molecule has 0 aliphatic heterocycles. The molecule has 2 rings (SSSR count). The smallest absolute Gasteiger partial charge is 0.0994 e. The molecular weight excluding hydrogens is 248 g/mol. The Morgan fingerprint density at radius 2 is 1.00 bits per heavy atom. The summed E-state index contributed by atoms with van der Waals surface area (Å²) < 4.78 is 0. The van der Waals surface area contributed by atoms with Gasteiger partial charge in [0, 0.05) is 0 Å². The Balaban J connectivity index is 2.48. The second kappa shape index (κ2) is 5.28. The Kier molecular flexibility index (Phi) is 4.30. The van der Waals surface area contributed by atoms with Crippen LogP contribution in [0, 0.1) is 35.5 Å². The maximum absolute atomic E-state index is 11.7. The molecule has 0 saturated heterocycles. The Morgan fingerprint density at radius 1 is 0.700 bits per heavy atom. The topological polar surface area (TPSA) is 40.5 Å². The van der Waals surface area contributed by atoms with Gasteiger partial charge in [-0.1, -0.05) is 41.5 Å². The van der Waals surface area contributed by atoms with E-state index in [4.69, 9.17) is 0 Å². The van der Waals surface area contributed by atoms with Gasteiger partial charge in [0.05, 0.1) is 11.2 Å². The molecule has 0 aromatic carbocycles. The van der Waals surface area contributed by atoms with Crippen LogP contribution >= 0.6 is 0 Å². The summed E-state index contributed by atoms with van der Waals surface area (Å²) in [6, 6.07) is 0. The molecule has 0 unspecified atom stereocenters. The summed E-state index contributed by atoms with van der Waals surface area (Å²) in [4.78, 5) is 0. The largest absolute Gasteiger partial charge is 0.386 e. The third-order valence-corrected chi connectivity index (χ3v) is 6.71. The molecule has 2 saturated carbocycles. The number of hydrogen-bond acceptors (Lipinski definition) is 2. The van der Waals surface area contributed by atoms with Crippen molar-refractivity contribution in [2.24, 2.45) is 35.5 Å². The zero-order valence-electron chi connectivity index (χ0n) is 14.2. The Hall–Kier alpha value is -0.0800. The third-order valence-electron chi connectivity index (χ3n) is 6.71. The van der Waals surface area contributed by atoms with Crippen LogP contribution in [-0.4, -0.2) is 21.4 Å². The lowest BCUT2D eigenvalue weighted by Crippen LogP contribution is -2.65. The fraction of sp³-hybridized carbons (Fsp3) is 1.00. The van der Waals surface area contributed by atoms with Gasteiger partial charge >= 0.3 is 0 Å². The van der Waals surface area contributed by atoms with Crippen molar-refractivity contribution in [3.05, 3.63) is 0 Å². The Morgan fingerprint density at radius 3 is 1.25 bits per heavy atom. The van der Waals surface area contributed by atoms with Crippen molar-refractivity contribution in [1.82, 2.24) is 0 Å². The second-order valence-corrected chi connectivity index (χ2v) is 8.31. The standard InChI is InChI=1S/C18H34O2/c1-11(2)15-9-7-13(5)17(15,19)18(20)14(6)8-10-16(18)12(3)4/h11-16,19-20H,7-10H2,1-6H3/t13-,14-,15-,16-,17-,18-/m1/s1. The van der Waals surface area contributed by atoms with E-state index in [2.05, 4.69) is 41.5 Å². The summed E-state index contributed by atoms with van der Waals surface area (Å²) >= 11 is 0. The Bertz CT molecular complexity index is 317. The van der Waals surface area contributed by atoms with Crippen LogP contribution in [-0.2, 0) is 0 Å². The van der Waals surface area contributed by atoms with E-state index in [1.165, 1.54) is 0 Å². The van der Waals surface area contributed by atoms with E-state index in [-0.39, 0.29) is 23.7 Å². The van der Waals surface area contributed by atoms with Crippen LogP contribution in [0.1, 0.15) is 67.2 Å². The van der Waals surface area contributed by atoms with Gasteiger partial charge < -0.3 is 10.2 Å². The minimum atomic E-state index is -0.911. The highest BCUT2D eigenvalue weighted by atomic mass is 16.4. The molecule has 2 aliphatic carbocycles. The molecule has 0 heterocycles. The first-order valence-corrected chi connectivity index (χ1v) is 8.62. The molecule has 20 heavy (non-hydrogen) atoms. The molecule has 0 spiro atoms. The molecule has 118 valence electrons. The van der Waals surface area contributed by atoms with Crippen molar-refractivity contribution in [2.75, 3.05) is 0 Å². The Labute approximate surface area is 125 Å². The maximum atomic E-state index is 11.7. The minimum Gasteiger partial charge on any atom is -0.386 e. The van der Waals surface area contributed by atoms with Crippen LogP contribution in [0.5, 0.6) is 0 Å². The van der Waals surface area contributed by atoms with Gasteiger partial charge in [0.15, 0.2) is 0 Å². The molecule has 2 N–H and O–H groups in total. The second-order valence-electron chi connectivity index (χ2n) is 8.31. The molecule has 2 heteroatoms. The SMILES string of the molecule is CC(C)[C@H]1CC[C@@H](C)[C@]1(O)[C@@]1(O)[C@H](C)CC[C@@H]1C(C)C. The highest BCUT2D eigenvalue weighted by Crippen LogP contribution is 2.59. The summed E-state index contributed by atoms with van der Waals surface area (Å²) in [7, 11) is 0. The fourth-order valence-corrected chi connectivity index (χ4v) is 5.54. The minimum absolute atomic E-state index is 0.196. The maximum Gasteiger partial charge on any atom is 0.0994 e. The van der Waals surface area contributed by atoms with E-state index in [1.807, 2.05) is 0 Å². The molecule has 0 amide bonds. The third kappa shape index (κ3) is 1.98. The molecule has 0 radical (unpaired) electrons. The van der Waals surface area contributed by atoms with E-state index in [0.717, 1.165) is 25.7 Å². The van der Waals surface area contributed by atoms with Gasteiger partial charge in [-0.25, -0.2) is 0 Å². The van der Waals surface area contributed by atoms with E-state index in [0.29, 0.717) is 11.8 Å². The lowest BCUT2D eigenvalue weighted by Gasteiger charge is -2.53. The quantitative estimate of drug-likeness (QED) is 0.825. The van der Waals surface area contributed by atoms with Crippen molar-refractivity contribution in [2.45, 2.75) is 78.4 Å². The van der Waals surface area contributed by atoms with Crippen molar-refractivity contribution in [3.63, 3.8) is 0 Å². The van der Waals surface area contributed by atoms with Crippen LogP contribution in [0.2, 0.25) is 0 Å². The summed E-state index contributed by atoms with van der Waals surface area (Å²) in [6.07, 6.45) is 4.18. The van der Waals surface area contributed by atoms with Gasteiger partial charge in [0.2, 0.25) is 0 Å². The van der Waals surface area contributed by atoms with Gasteiger partial charge in [-0.15, -0.1) is 0 Å². The van der Waals surface area contributed by atoms with Gasteiger partial charge in [0.25, 0.3) is 0 Å². The zero-order chi connectivity index (χ0) is 15.3. The summed E-state index contributed by atoms with van der Waals surface area (Å²) in [5, 5.41) is 23.4. The van der Waals surface area contributed by atoms with Gasteiger partial charge in [-0.2, -0.15) is 0 Å². The monoisotopic (exact) mass is 282 g/mol. The molecule has 2 fully saturated rings. The van der Waals surface area contributed by atoms with Crippen molar-refractivity contribution in [3.8, 4) is 0 Å². The number of hydrogen-bond donors (Lipinski definition) is 2. The molecule has 2 nitrogen and oxygen atoms in total. The molecular formula is C18H34O2. The molecule has 0 aromatic rings. The molecule has 6 atom stereocenters. The highest BCUT2D eigenvalue weighted by Gasteiger charge is 2.66. The number of rotatable bonds is 3. The first-order chi connectivity index (χ1) is 9.17. The average molecular weight is 282 g/mol. The first-order valence-electron chi connectivity index (χ1n) is 8.62. The van der Waals surface area contributed by atoms with Gasteiger partial charge in [-0.05, 0) is 61.2 Å². The van der Waals surface area contributed by atoms with Crippen LogP contribution in [0.3, 0.4) is 0 Å². The summed E-state index contributed by atoms with van der Waals surface area (Å²) in [5.41, 5.74) is -1.82. The van der Waals surface area contributed by atoms with E-state index in [1.54, 1.807) is 0 Å².